The third-order valence-electron chi connectivity index (χ3n) is 5.25. The standard InChI is InChI=1S/C23H28N4O4S/c1-26(2)22-11-10-20(32(29,30)27-14-4-3-5-15-27)16-21(22)25-23(28)17-31-19-8-6-18(7-9-19)12-13-24/h6-11,16H,3-5,12,14-15,17H2,1-2H3,(H,25,28). The number of nitriles is 1. The number of benzene rings is 2. The molecule has 1 heterocycles. The first-order valence-corrected chi connectivity index (χ1v) is 12.0. The van der Waals surface area contributed by atoms with Gasteiger partial charge in [-0.15, -0.1) is 0 Å². The first-order valence-electron chi connectivity index (χ1n) is 10.5. The highest BCUT2D eigenvalue weighted by Gasteiger charge is 2.27. The molecule has 1 N–H and O–H groups in total. The van der Waals surface area contributed by atoms with E-state index in [1.165, 1.54) is 10.4 Å². The Hall–Kier alpha value is -3.09. The van der Waals surface area contributed by atoms with Gasteiger partial charge in [0.15, 0.2) is 6.61 Å². The lowest BCUT2D eigenvalue weighted by Crippen LogP contribution is -2.35. The molecule has 32 heavy (non-hydrogen) atoms. The lowest BCUT2D eigenvalue weighted by molar-refractivity contribution is -0.118. The molecule has 1 aliphatic heterocycles. The largest absolute Gasteiger partial charge is 0.484 e. The molecule has 170 valence electrons. The Morgan fingerprint density at radius 1 is 1.12 bits per heavy atom. The van der Waals surface area contributed by atoms with Gasteiger partial charge in [-0.1, -0.05) is 18.6 Å². The smallest absolute Gasteiger partial charge is 0.262 e. The van der Waals surface area contributed by atoms with Crippen LogP contribution in [0.25, 0.3) is 0 Å². The highest BCUT2D eigenvalue weighted by atomic mass is 32.2. The van der Waals surface area contributed by atoms with Gasteiger partial charge in [-0.2, -0.15) is 9.57 Å². The number of hydrogen-bond donors (Lipinski definition) is 1. The Morgan fingerprint density at radius 2 is 1.81 bits per heavy atom. The van der Waals surface area contributed by atoms with Gasteiger partial charge in [0.1, 0.15) is 5.75 Å². The van der Waals surface area contributed by atoms with Crippen molar-refractivity contribution in [2.45, 2.75) is 30.6 Å². The summed E-state index contributed by atoms with van der Waals surface area (Å²) in [4.78, 5) is 14.5. The molecule has 1 fully saturated rings. The van der Waals surface area contributed by atoms with E-state index in [0.717, 1.165) is 24.8 Å². The van der Waals surface area contributed by atoms with E-state index in [1.54, 1.807) is 36.4 Å². The third-order valence-corrected chi connectivity index (χ3v) is 7.15. The zero-order valence-electron chi connectivity index (χ0n) is 18.4. The number of sulfonamides is 1. The first-order chi connectivity index (χ1) is 15.3. The number of piperidine rings is 1. The summed E-state index contributed by atoms with van der Waals surface area (Å²) in [5.41, 5.74) is 1.97. The lowest BCUT2D eigenvalue weighted by Gasteiger charge is -2.26. The molecule has 2 aromatic rings. The van der Waals surface area contributed by atoms with Crippen molar-refractivity contribution < 1.29 is 17.9 Å². The molecule has 0 aromatic heterocycles. The van der Waals surface area contributed by atoms with E-state index in [-0.39, 0.29) is 11.5 Å². The molecule has 0 spiro atoms. The minimum absolute atomic E-state index is 0.161. The maximum absolute atomic E-state index is 13.0. The van der Waals surface area contributed by atoms with Crippen LogP contribution in [0.5, 0.6) is 5.75 Å². The summed E-state index contributed by atoms with van der Waals surface area (Å²) >= 11 is 0. The number of nitrogens with one attached hydrogen (secondary N) is 1. The van der Waals surface area contributed by atoms with Crippen molar-refractivity contribution in [3.63, 3.8) is 0 Å². The number of amides is 1. The van der Waals surface area contributed by atoms with Crippen LogP contribution in [0.4, 0.5) is 11.4 Å². The van der Waals surface area contributed by atoms with Crippen molar-refractivity contribution in [2.75, 3.05) is 44.0 Å². The molecule has 0 radical (unpaired) electrons. The van der Waals surface area contributed by atoms with E-state index in [1.807, 2.05) is 19.0 Å². The minimum Gasteiger partial charge on any atom is -0.484 e. The number of carbonyl (C=O) groups is 1. The van der Waals surface area contributed by atoms with Crippen LogP contribution in [-0.4, -0.2) is 52.4 Å². The molecule has 9 heteroatoms. The first kappa shape index (κ1) is 23.6. The fourth-order valence-corrected chi connectivity index (χ4v) is 5.09. The molecule has 1 amide bonds. The van der Waals surface area contributed by atoms with E-state index >= 15 is 0 Å². The summed E-state index contributed by atoms with van der Waals surface area (Å²) in [6, 6.07) is 13.8. The quantitative estimate of drug-likeness (QED) is 0.655. The van der Waals surface area contributed by atoms with Gasteiger partial charge in [-0.25, -0.2) is 8.42 Å². The molecule has 1 aliphatic rings. The Labute approximate surface area is 189 Å². The van der Waals surface area contributed by atoms with Gasteiger partial charge in [0.25, 0.3) is 5.91 Å². The molecule has 0 aliphatic carbocycles. The van der Waals surface area contributed by atoms with Crippen LogP contribution >= 0.6 is 0 Å². The van der Waals surface area contributed by atoms with Crippen LogP contribution in [0.2, 0.25) is 0 Å². The zero-order valence-corrected chi connectivity index (χ0v) is 19.2. The number of anilines is 2. The second kappa shape index (κ2) is 10.5. The predicted molar refractivity (Wildman–Crippen MR) is 123 cm³/mol. The van der Waals surface area contributed by atoms with Crippen LogP contribution in [0.1, 0.15) is 24.8 Å². The number of nitrogens with zero attached hydrogens (tertiary/aromatic N) is 3. The second-order valence-electron chi connectivity index (χ2n) is 7.85. The van der Waals surface area contributed by atoms with E-state index in [2.05, 4.69) is 11.4 Å². The Kier molecular flexibility index (Phi) is 7.72. The van der Waals surface area contributed by atoms with Crippen LogP contribution in [0.15, 0.2) is 47.4 Å². The summed E-state index contributed by atoms with van der Waals surface area (Å²) in [7, 11) is 0.0274. The summed E-state index contributed by atoms with van der Waals surface area (Å²) in [6.45, 7) is 0.800. The van der Waals surface area contributed by atoms with Crippen molar-refractivity contribution in [3.8, 4) is 11.8 Å². The normalized spacial score (nSPS) is 14.4. The van der Waals surface area contributed by atoms with E-state index < -0.39 is 15.9 Å². The third kappa shape index (κ3) is 5.78. The number of ether oxygens (including phenoxy) is 1. The predicted octanol–water partition coefficient (Wildman–Crippen LogP) is 3.01. The minimum atomic E-state index is -3.62. The van der Waals surface area contributed by atoms with Crippen molar-refractivity contribution >= 4 is 27.3 Å². The van der Waals surface area contributed by atoms with Crippen LogP contribution < -0.4 is 15.0 Å². The molecule has 2 aromatic carbocycles. The van der Waals surface area contributed by atoms with E-state index in [4.69, 9.17) is 10.00 Å². The lowest BCUT2D eigenvalue weighted by atomic mass is 10.2. The van der Waals surface area contributed by atoms with E-state index in [9.17, 15) is 13.2 Å². The van der Waals surface area contributed by atoms with Gasteiger partial charge in [-0.05, 0) is 48.7 Å². The molecule has 0 unspecified atom stereocenters. The van der Waals surface area contributed by atoms with Gasteiger partial charge >= 0.3 is 0 Å². The molecule has 8 nitrogen and oxygen atoms in total. The van der Waals surface area contributed by atoms with Gasteiger partial charge in [0, 0.05) is 27.2 Å². The number of hydrogen-bond acceptors (Lipinski definition) is 6. The molecule has 3 rings (SSSR count). The maximum Gasteiger partial charge on any atom is 0.262 e. The van der Waals surface area contributed by atoms with Gasteiger partial charge in [0.05, 0.1) is 28.8 Å². The topological polar surface area (TPSA) is 103 Å². The molecule has 0 bridgehead atoms. The Bertz CT molecular complexity index is 1090. The summed E-state index contributed by atoms with van der Waals surface area (Å²) in [6.07, 6.45) is 3.06. The van der Waals surface area contributed by atoms with Crippen LogP contribution in [0.3, 0.4) is 0 Å². The highest BCUT2D eigenvalue weighted by molar-refractivity contribution is 7.89. The number of carbonyl (C=O) groups excluding carboxylic acids is 1. The zero-order chi connectivity index (χ0) is 23.1. The number of rotatable bonds is 8. The van der Waals surface area contributed by atoms with Crippen molar-refractivity contribution in [1.29, 1.82) is 5.26 Å². The average molecular weight is 457 g/mol. The molecule has 0 saturated carbocycles. The monoisotopic (exact) mass is 456 g/mol. The van der Waals surface area contributed by atoms with Crippen molar-refractivity contribution in [1.82, 2.24) is 4.31 Å². The fraction of sp³-hybridized carbons (Fsp3) is 0.391. The highest BCUT2D eigenvalue weighted by Crippen LogP contribution is 2.30. The van der Waals surface area contributed by atoms with E-state index in [0.29, 0.717) is 36.6 Å². The molecular formula is C23H28N4O4S. The Morgan fingerprint density at radius 3 is 2.44 bits per heavy atom. The van der Waals surface area contributed by atoms with Gasteiger partial charge in [0.2, 0.25) is 10.0 Å². The van der Waals surface area contributed by atoms with Crippen molar-refractivity contribution in [2.24, 2.45) is 0 Å². The van der Waals surface area contributed by atoms with Crippen LogP contribution in [0, 0.1) is 11.3 Å². The fourth-order valence-electron chi connectivity index (χ4n) is 3.55. The summed E-state index contributed by atoms with van der Waals surface area (Å²) in [5, 5.41) is 11.5. The second-order valence-corrected chi connectivity index (χ2v) is 9.79. The van der Waals surface area contributed by atoms with Crippen molar-refractivity contribution in [3.05, 3.63) is 48.0 Å². The summed E-state index contributed by atoms with van der Waals surface area (Å²) in [5.74, 6) is 0.109. The Balaban J connectivity index is 1.73. The molecular weight excluding hydrogens is 428 g/mol. The average Bonchev–Trinajstić information content (AvgIpc) is 2.79. The maximum atomic E-state index is 13.0. The summed E-state index contributed by atoms with van der Waals surface area (Å²) < 4.78 is 33.1. The van der Waals surface area contributed by atoms with Gasteiger partial charge < -0.3 is 15.0 Å². The van der Waals surface area contributed by atoms with Gasteiger partial charge in [-0.3, -0.25) is 4.79 Å². The van der Waals surface area contributed by atoms with Crippen LogP contribution in [-0.2, 0) is 21.2 Å². The molecule has 0 atom stereocenters. The SMILES string of the molecule is CN(C)c1ccc(S(=O)(=O)N2CCCCC2)cc1NC(=O)COc1ccc(CC#N)cc1. The molecule has 1 saturated heterocycles.